The number of hydrazine groups is 1. The van der Waals surface area contributed by atoms with Crippen LogP contribution in [0.4, 0.5) is 22.0 Å². The molecule has 1 saturated heterocycles. The number of hydrogen-bond acceptors (Lipinski definition) is 5. The third kappa shape index (κ3) is 5.40. The number of hydrogen-bond donors (Lipinski definition) is 4. The lowest BCUT2D eigenvalue weighted by Crippen LogP contribution is -2.41. The van der Waals surface area contributed by atoms with Crippen molar-refractivity contribution >= 4 is 11.7 Å². The van der Waals surface area contributed by atoms with Gasteiger partial charge in [-0.3, -0.25) is 15.2 Å². The number of aliphatic hydroxyl groups excluding tert-OH is 1. The van der Waals surface area contributed by atoms with Gasteiger partial charge < -0.3 is 15.2 Å². The number of amidine groups is 1. The Kier molecular flexibility index (Phi) is 6.86. The minimum atomic E-state index is -4.63. The molecule has 1 unspecified atom stereocenters. The molecule has 0 aliphatic carbocycles. The van der Waals surface area contributed by atoms with Crippen LogP contribution in [0.25, 0.3) is 0 Å². The Bertz CT molecular complexity index is 1100. The van der Waals surface area contributed by atoms with E-state index in [2.05, 4.69) is 10.7 Å². The molecule has 0 spiro atoms. The van der Waals surface area contributed by atoms with Crippen LogP contribution in [-0.2, 0) is 6.54 Å². The molecule has 1 aliphatic rings. The van der Waals surface area contributed by atoms with Crippen LogP contribution in [-0.4, -0.2) is 41.7 Å². The van der Waals surface area contributed by atoms with Gasteiger partial charge in [0.2, 0.25) is 0 Å². The summed E-state index contributed by atoms with van der Waals surface area (Å²) in [5, 5.41) is 20.2. The van der Waals surface area contributed by atoms with Gasteiger partial charge in [0.1, 0.15) is 29.8 Å². The highest BCUT2D eigenvalue weighted by Gasteiger charge is 2.40. The number of rotatable bonds is 6. The fourth-order valence-electron chi connectivity index (χ4n) is 3.31. The fourth-order valence-corrected chi connectivity index (χ4v) is 3.31. The van der Waals surface area contributed by atoms with E-state index in [1.165, 1.54) is 25.3 Å². The summed E-state index contributed by atoms with van der Waals surface area (Å²) < 4.78 is 71.4. The Balaban J connectivity index is 1.74. The lowest BCUT2D eigenvalue weighted by atomic mass is 9.99. The second-order valence-corrected chi connectivity index (χ2v) is 7.08. The molecular formula is C21H19F5N4O3. The average molecular weight is 470 g/mol. The van der Waals surface area contributed by atoms with Gasteiger partial charge in [-0.1, -0.05) is 12.1 Å². The molecule has 176 valence electrons. The number of nitrogens with zero attached hydrogens (tertiary/aromatic N) is 1. The maximum atomic E-state index is 14.8. The maximum absolute atomic E-state index is 14.8. The number of carbonyl (C=O) groups excluding carboxylic acids is 1. The molecule has 2 aromatic carbocycles. The highest BCUT2D eigenvalue weighted by molar-refractivity contribution is 5.99. The summed E-state index contributed by atoms with van der Waals surface area (Å²) in [7, 11) is 1.32. The summed E-state index contributed by atoms with van der Waals surface area (Å²) >= 11 is 0. The minimum absolute atomic E-state index is 0.0502. The van der Waals surface area contributed by atoms with E-state index in [1.54, 1.807) is 0 Å². The van der Waals surface area contributed by atoms with E-state index in [0.29, 0.717) is 16.8 Å². The first-order chi connectivity index (χ1) is 15.5. The quantitative estimate of drug-likeness (QED) is 0.381. The van der Waals surface area contributed by atoms with Crippen LogP contribution in [0.1, 0.15) is 27.5 Å². The van der Waals surface area contributed by atoms with E-state index < -0.39 is 42.1 Å². The van der Waals surface area contributed by atoms with Crippen molar-refractivity contribution in [3.63, 3.8) is 0 Å². The number of carbonyl (C=O) groups is 1. The molecular weight excluding hydrogens is 451 g/mol. The van der Waals surface area contributed by atoms with Crippen molar-refractivity contribution in [3.8, 4) is 5.75 Å². The molecule has 0 aromatic heterocycles. The van der Waals surface area contributed by atoms with Crippen LogP contribution in [0.2, 0.25) is 0 Å². The maximum Gasteiger partial charge on any atom is 0.407 e. The second kappa shape index (κ2) is 9.45. The summed E-state index contributed by atoms with van der Waals surface area (Å²) in [4.78, 5) is 12.4. The highest BCUT2D eigenvalue weighted by Crippen LogP contribution is 2.32. The Hall–Kier alpha value is -3.67. The zero-order chi connectivity index (χ0) is 24.3. The molecule has 0 bridgehead atoms. The van der Waals surface area contributed by atoms with Crippen molar-refractivity contribution in [2.75, 3.05) is 13.7 Å². The Morgan fingerprint density at radius 1 is 1.27 bits per heavy atom. The van der Waals surface area contributed by atoms with E-state index in [4.69, 9.17) is 10.1 Å². The molecule has 1 fully saturated rings. The molecule has 1 heterocycles. The average Bonchev–Trinajstić information content (AvgIpc) is 3.05. The molecule has 0 saturated carbocycles. The molecule has 3 rings (SSSR count). The fraction of sp³-hybridized carbons (Fsp3) is 0.238. The Labute approximate surface area is 184 Å². The molecule has 1 amide bonds. The summed E-state index contributed by atoms with van der Waals surface area (Å²) in [5.74, 6) is -2.62. The van der Waals surface area contributed by atoms with E-state index in [0.717, 1.165) is 18.2 Å². The number of ether oxygens (including phenoxy) is 1. The van der Waals surface area contributed by atoms with Crippen LogP contribution >= 0.6 is 0 Å². The van der Waals surface area contributed by atoms with Gasteiger partial charge in [0.05, 0.1) is 30.6 Å². The first kappa shape index (κ1) is 24.0. The SMILES string of the molecule is COc1ccc(F)cc1C(=O)NCc1ccc(C2NN(CC(F)(F)F)C(=N)C2=CO)c(F)c1. The number of alkyl halides is 3. The standard InChI is InChI=1S/C21H19F5N4O3/c1-33-17-5-3-12(22)7-14(17)20(32)28-8-11-2-4-13(16(23)6-11)18-15(9-31)19(27)30(29-18)10-21(24,25)26/h2-7,9,18,27,29,31H,8,10H2,1H3,(H,28,32). The van der Waals surface area contributed by atoms with Crippen molar-refractivity contribution in [2.45, 2.75) is 18.8 Å². The van der Waals surface area contributed by atoms with Crippen LogP contribution in [0.5, 0.6) is 5.75 Å². The lowest BCUT2D eigenvalue weighted by molar-refractivity contribution is -0.142. The van der Waals surface area contributed by atoms with Crippen molar-refractivity contribution in [1.29, 1.82) is 5.41 Å². The van der Waals surface area contributed by atoms with E-state index in [1.807, 2.05) is 0 Å². The number of aliphatic hydroxyl groups is 1. The summed E-state index contributed by atoms with van der Waals surface area (Å²) in [6, 6.07) is 5.95. The number of halogens is 5. The van der Waals surface area contributed by atoms with Gasteiger partial charge in [0, 0.05) is 12.1 Å². The normalized spacial score (nSPS) is 17.5. The molecule has 0 radical (unpaired) electrons. The third-order valence-corrected chi connectivity index (χ3v) is 4.85. The van der Waals surface area contributed by atoms with Crippen LogP contribution < -0.4 is 15.5 Å². The molecule has 33 heavy (non-hydrogen) atoms. The largest absolute Gasteiger partial charge is 0.515 e. The van der Waals surface area contributed by atoms with Gasteiger partial charge in [0.15, 0.2) is 0 Å². The highest BCUT2D eigenvalue weighted by atomic mass is 19.4. The van der Waals surface area contributed by atoms with Crippen LogP contribution in [0.15, 0.2) is 48.2 Å². The minimum Gasteiger partial charge on any atom is -0.515 e. The number of benzene rings is 2. The van der Waals surface area contributed by atoms with Crippen LogP contribution in [0, 0.1) is 17.0 Å². The first-order valence-corrected chi connectivity index (χ1v) is 9.47. The number of methoxy groups -OCH3 is 1. The summed E-state index contributed by atoms with van der Waals surface area (Å²) in [6.45, 7) is -1.64. The van der Waals surface area contributed by atoms with Crippen molar-refractivity contribution in [3.05, 3.63) is 76.6 Å². The third-order valence-electron chi connectivity index (χ3n) is 4.85. The summed E-state index contributed by atoms with van der Waals surface area (Å²) in [5.41, 5.74) is 2.29. The van der Waals surface area contributed by atoms with E-state index in [9.17, 15) is 31.9 Å². The Morgan fingerprint density at radius 2 is 2.00 bits per heavy atom. The molecule has 7 nitrogen and oxygen atoms in total. The smallest absolute Gasteiger partial charge is 0.407 e. The van der Waals surface area contributed by atoms with Crippen LogP contribution in [0.3, 0.4) is 0 Å². The van der Waals surface area contributed by atoms with E-state index >= 15 is 0 Å². The number of nitrogens with one attached hydrogen (secondary N) is 3. The summed E-state index contributed by atoms with van der Waals surface area (Å²) in [6.07, 6.45) is -4.17. The van der Waals surface area contributed by atoms with Gasteiger partial charge in [0.25, 0.3) is 5.91 Å². The predicted molar refractivity (Wildman–Crippen MR) is 108 cm³/mol. The monoisotopic (exact) mass is 470 g/mol. The lowest BCUT2D eigenvalue weighted by Gasteiger charge is -2.20. The molecule has 2 aromatic rings. The zero-order valence-corrected chi connectivity index (χ0v) is 17.1. The Morgan fingerprint density at radius 3 is 2.61 bits per heavy atom. The number of amides is 1. The van der Waals surface area contributed by atoms with Gasteiger partial charge in [-0.25, -0.2) is 14.2 Å². The van der Waals surface area contributed by atoms with Crippen molar-refractivity contribution in [1.82, 2.24) is 15.8 Å². The first-order valence-electron chi connectivity index (χ1n) is 9.47. The van der Waals surface area contributed by atoms with Crippen molar-refractivity contribution in [2.24, 2.45) is 0 Å². The second-order valence-electron chi connectivity index (χ2n) is 7.08. The molecule has 4 N–H and O–H groups in total. The van der Waals surface area contributed by atoms with E-state index in [-0.39, 0.29) is 29.0 Å². The molecule has 1 atom stereocenters. The van der Waals surface area contributed by atoms with Crippen molar-refractivity contribution < 1.29 is 36.6 Å². The molecule has 12 heteroatoms. The van der Waals surface area contributed by atoms with Gasteiger partial charge in [-0.2, -0.15) is 13.2 Å². The topological polar surface area (TPSA) is 97.7 Å². The zero-order valence-electron chi connectivity index (χ0n) is 17.1. The van der Waals surface area contributed by atoms with Gasteiger partial charge in [-0.15, -0.1) is 0 Å². The predicted octanol–water partition coefficient (Wildman–Crippen LogP) is 3.75. The van der Waals surface area contributed by atoms with Gasteiger partial charge in [-0.05, 0) is 29.8 Å². The van der Waals surface area contributed by atoms with Gasteiger partial charge >= 0.3 is 6.18 Å². The molecule has 1 aliphatic heterocycles.